The Morgan fingerprint density at radius 1 is 1.24 bits per heavy atom. The van der Waals surface area contributed by atoms with Gasteiger partial charge in [0, 0.05) is 6.04 Å². The molecule has 4 heteroatoms. The molecule has 2 rings (SSSR count). The molecule has 0 aromatic heterocycles. The number of hydrogen-bond acceptors (Lipinski definition) is 3. The van der Waals surface area contributed by atoms with Gasteiger partial charge in [0.25, 0.3) is 0 Å². The van der Waals surface area contributed by atoms with E-state index in [9.17, 15) is 4.79 Å². The molecule has 98 valence electrons. The van der Waals surface area contributed by atoms with Crippen LogP contribution in [0.3, 0.4) is 0 Å². The van der Waals surface area contributed by atoms with Crippen molar-refractivity contribution < 1.29 is 4.79 Å². The first-order valence-corrected chi connectivity index (χ1v) is 7.00. The van der Waals surface area contributed by atoms with Crippen LogP contribution in [0.4, 0.5) is 0 Å². The van der Waals surface area contributed by atoms with Gasteiger partial charge in [-0.05, 0) is 57.8 Å². The number of amides is 1. The predicted octanol–water partition coefficient (Wildman–Crippen LogP) is 0.587. The number of nitrogens with one attached hydrogen (secondary N) is 2. The van der Waals surface area contributed by atoms with E-state index in [4.69, 9.17) is 0 Å². The monoisotopic (exact) mass is 239 g/mol. The molecule has 1 aliphatic heterocycles. The molecule has 1 aliphatic carbocycles. The van der Waals surface area contributed by atoms with Crippen LogP contribution in [0.5, 0.6) is 0 Å². The third-order valence-electron chi connectivity index (χ3n) is 3.70. The third kappa shape index (κ3) is 4.64. The summed E-state index contributed by atoms with van der Waals surface area (Å²) >= 11 is 0. The lowest BCUT2D eigenvalue weighted by Gasteiger charge is -2.31. The Kier molecular flexibility index (Phi) is 4.80. The highest BCUT2D eigenvalue weighted by Gasteiger charge is 2.25. The van der Waals surface area contributed by atoms with Gasteiger partial charge in [-0.25, -0.2) is 0 Å². The van der Waals surface area contributed by atoms with Crippen molar-refractivity contribution in [2.24, 2.45) is 5.92 Å². The zero-order valence-electron chi connectivity index (χ0n) is 10.9. The van der Waals surface area contributed by atoms with Crippen molar-refractivity contribution in [1.82, 2.24) is 15.5 Å². The molecule has 1 heterocycles. The molecule has 2 N–H and O–H groups in total. The minimum absolute atomic E-state index is 0.220. The van der Waals surface area contributed by atoms with E-state index in [1.165, 1.54) is 25.7 Å². The van der Waals surface area contributed by atoms with Crippen LogP contribution in [0, 0.1) is 5.92 Å². The third-order valence-corrected chi connectivity index (χ3v) is 3.70. The Balaban J connectivity index is 1.59. The van der Waals surface area contributed by atoms with Crippen molar-refractivity contribution >= 4 is 5.91 Å². The average molecular weight is 239 g/mol. The summed E-state index contributed by atoms with van der Waals surface area (Å²) in [6.07, 6.45) is 4.81. The van der Waals surface area contributed by atoms with E-state index < -0.39 is 0 Å². The molecule has 2 aliphatic rings. The largest absolute Gasteiger partial charge is 0.352 e. The Labute approximate surface area is 104 Å². The summed E-state index contributed by atoms with van der Waals surface area (Å²) in [5.41, 5.74) is 0. The highest BCUT2D eigenvalue weighted by Crippen LogP contribution is 2.19. The standard InChI is InChI=1S/C13H25N3O/c1-2-14-9-11-5-7-16(8-6-11)10-13(17)15-12-3-4-12/h11-12,14H,2-10H2,1H3,(H,15,17). The Bertz CT molecular complexity index is 245. The van der Waals surface area contributed by atoms with Crippen molar-refractivity contribution in [3.8, 4) is 0 Å². The van der Waals surface area contributed by atoms with Gasteiger partial charge in [-0.1, -0.05) is 6.92 Å². The molecule has 0 unspecified atom stereocenters. The van der Waals surface area contributed by atoms with Gasteiger partial charge >= 0.3 is 0 Å². The molecule has 2 fully saturated rings. The lowest BCUT2D eigenvalue weighted by Crippen LogP contribution is -2.43. The van der Waals surface area contributed by atoms with E-state index in [1.807, 2.05) is 0 Å². The van der Waals surface area contributed by atoms with Crippen molar-refractivity contribution in [3.05, 3.63) is 0 Å². The first-order valence-electron chi connectivity index (χ1n) is 7.00. The number of hydrogen-bond donors (Lipinski definition) is 2. The van der Waals surface area contributed by atoms with E-state index in [1.54, 1.807) is 0 Å². The van der Waals surface area contributed by atoms with Crippen molar-refractivity contribution in [3.63, 3.8) is 0 Å². The van der Waals surface area contributed by atoms with Crippen LogP contribution >= 0.6 is 0 Å². The summed E-state index contributed by atoms with van der Waals surface area (Å²) in [5, 5.41) is 6.46. The smallest absolute Gasteiger partial charge is 0.234 e. The Morgan fingerprint density at radius 2 is 1.94 bits per heavy atom. The number of piperidine rings is 1. The molecule has 0 aromatic rings. The van der Waals surface area contributed by atoms with Gasteiger partial charge < -0.3 is 10.6 Å². The lowest BCUT2D eigenvalue weighted by molar-refractivity contribution is -0.122. The highest BCUT2D eigenvalue weighted by atomic mass is 16.2. The van der Waals surface area contributed by atoms with Crippen LogP contribution < -0.4 is 10.6 Å². The van der Waals surface area contributed by atoms with Gasteiger partial charge in [0.2, 0.25) is 5.91 Å². The topological polar surface area (TPSA) is 44.4 Å². The van der Waals surface area contributed by atoms with Gasteiger partial charge in [-0.15, -0.1) is 0 Å². The van der Waals surface area contributed by atoms with Crippen molar-refractivity contribution in [2.45, 2.75) is 38.6 Å². The van der Waals surface area contributed by atoms with Crippen LogP contribution in [0.1, 0.15) is 32.6 Å². The Hall–Kier alpha value is -0.610. The molecule has 0 spiro atoms. The highest BCUT2D eigenvalue weighted by molar-refractivity contribution is 5.78. The van der Waals surface area contributed by atoms with E-state index in [2.05, 4.69) is 22.5 Å². The maximum absolute atomic E-state index is 11.7. The maximum atomic E-state index is 11.7. The number of likely N-dealkylation sites (tertiary alicyclic amines) is 1. The van der Waals surface area contributed by atoms with Crippen molar-refractivity contribution in [1.29, 1.82) is 0 Å². The molecule has 1 saturated heterocycles. The summed E-state index contributed by atoms with van der Waals surface area (Å²) in [4.78, 5) is 13.9. The number of rotatable bonds is 6. The maximum Gasteiger partial charge on any atom is 0.234 e. The van der Waals surface area contributed by atoms with Gasteiger partial charge in [-0.2, -0.15) is 0 Å². The first-order chi connectivity index (χ1) is 8.28. The molecule has 1 amide bonds. The molecule has 0 atom stereocenters. The van der Waals surface area contributed by atoms with Gasteiger partial charge in [-0.3, -0.25) is 9.69 Å². The zero-order chi connectivity index (χ0) is 12.1. The fourth-order valence-corrected chi connectivity index (χ4v) is 2.40. The van der Waals surface area contributed by atoms with Crippen LogP contribution in [0.15, 0.2) is 0 Å². The van der Waals surface area contributed by atoms with Crippen LogP contribution in [-0.4, -0.2) is 49.6 Å². The molecule has 0 radical (unpaired) electrons. The second-order valence-electron chi connectivity index (χ2n) is 5.37. The normalized spacial score (nSPS) is 22.6. The number of carbonyl (C=O) groups is 1. The summed E-state index contributed by atoms with van der Waals surface area (Å²) < 4.78 is 0. The molecule has 0 aromatic carbocycles. The minimum Gasteiger partial charge on any atom is -0.352 e. The fourth-order valence-electron chi connectivity index (χ4n) is 2.40. The lowest BCUT2D eigenvalue weighted by atomic mass is 9.97. The SMILES string of the molecule is CCNCC1CCN(CC(=O)NC2CC2)CC1. The first kappa shape index (κ1) is 12.8. The number of nitrogens with zero attached hydrogens (tertiary/aromatic N) is 1. The van der Waals surface area contributed by atoms with E-state index in [0.717, 1.165) is 32.1 Å². The molecular formula is C13H25N3O. The van der Waals surface area contributed by atoms with Gasteiger partial charge in [0.05, 0.1) is 6.54 Å². The Morgan fingerprint density at radius 3 is 2.53 bits per heavy atom. The summed E-state index contributed by atoms with van der Waals surface area (Å²) in [6, 6.07) is 0.494. The number of carbonyl (C=O) groups excluding carboxylic acids is 1. The van der Waals surface area contributed by atoms with E-state index in [0.29, 0.717) is 12.6 Å². The second-order valence-corrected chi connectivity index (χ2v) is 5.37. The predicted molar refractivity (Wildman–Crippen MR) is 68.9 cm³/mol. The average Bonchev–Trinajstić information content (AvgIpc) is 3.12. The summed E-state index contributed by atoms with van der Waals surface area (Å²) in [5.74, 6) is 1.02. The van der Waals surface area contributed by atoms with E-state index in [-0.39, 0.29) is 5.91 Å². The van der Waals surface area contributed by atoms with Crippen LogP contribution in [0.2, 0.25) is 0 Å². The quantitative estimate of drug-likeness (QED) is 0.713. The second kappa shape index (κ2) is 6.36. The molecule has 1 saturated carbocycles. The summed E-state index contributed by atoms with van der Waals surface area (Å²) in [7, 11) is 0. The molecule has 4 nitrogen and oxygen atoms in total. The van der Waals surface area contributed by atoms with Crippen molar-refractivity contribution in [2.75, 3.05) is 32.7 Å². The molecule has 0 bridgehead atoms. The fraction of sp³-hybridized carbons (Fsp3) is 0.923. The van der Waals surface area contributed by atoms with Gasteiger partial charge in [0.15, 0.2) is 0 Å². The van der Waals surface area contributed by atoms with E-state index >= 15 is 0 Å². The van der Waals surface area contributed by atoms with Gasteiger partial charge in [0.1, 0.15) is 0 Å². The zero-order valence-corrected chi connectivity index (χ0v) is 10.9. The van der Waals surface area contributed by atoms with Crippen LogP contribution in [0.25, 0.3) is 0 Å². The van der Waals surface area contributed by atoms with Crippen LogP contribution in [-0.2, 0) is 4.79 Å². The molecule has 17 heavy (non-hydrogen) atoms. The summed E-state index contributed by atoms with van der Waals surface area (Å²) in [6.45, 7) is 7.10. The minimum atomic E-state index is 0.220. The molecular weight excluding hydrogens is 214 g/mol.